The van der Waals surface area contributed by atoms with Gasteiger partial charge in [-0.05, 0) is 12.8 Å². The lowest BCUT2D eigenvalue weighted by Gasteiger charge is -2.45. The number of aliphatic hydroxyl groups excluding tert-OH is 1. The van der Waals surface area contributed by atoms with Crippen molar-refractivity contribution in [3.05, 3.63) is 0 Å². The summed E-state index contributed by atoms with van der Waals surface area (Å²) in [5.41, 5.74) is 5.98. The number of aliphatic hydroxyl groups is 1. The van der Waals surface area contributed by atoms with Crippen LogP contribution in [0.4, 0.5) is 0 Å². The smallest absolute Gasteiger partial charge is 0.0793 e. The quantitative estimate of drug-likeness (QED) is 0.640. The summed E-state index contributed by atoms with van der Waals surface area (Å²) in [4.78, 5) is 2.27. The van der Waals surface area contributed by atoms with Crippen LogP contribution in [0.25, 0.3) is 0 Å². The number of nitrogens with zero attached hydrogens (tertiary/aromatic N) is 1. The summed E-state index contributed by atoms with van der Waals surface area (Å²) in [6, 6.07) is 0. The lowest BCUT2D eigenvalue weighted by atomic mass is 9.81. The van der Waals surface area contributed by atoms with Crippen LogP contribution in [0, 0.1) is 5.41 Å². The number of ether oxygens (including phenoxy) is 1. The van der Waals surface area contributed by atoms with Gasteiger partial charge in [-0.3, -0.25) is 4.90 Å². The number of hydrogen-bond donors (Lipinski definition) is 2. The molecular formula is C10H20N2O2. The maximum atomic E-state index is 9.20. The van der Waals surface area contributed by atoms with E-state index in [0.29, 0.717) is 6.54 Å². The van der Waals surface area contributed by atoms with Crippen LogP contribution in [-0.2, 0) is 4.74 Å². The molecule has 0 aromatic heterocycles. The Morgan fingerprint density at radius 1 is 1.50 bits per heavy atom. The molecule has 4 nitrogen and oxygen atoms in total. The van der Waals surface area contributed by atoms with Crippen molar-refractivity contribution < 1.29 is 9.84 Å². The number of β-amino-alcohol motifs (C(OH)–C–C–N with tert-alkyl or cyclic N) is 1. The number of rotatable bonds is 3. The molecule has 2 aliphatic rings. The van der Waals surface area contributed by atoms with E-state index in [-0.39, 0.29) is 11.5 Å². The highest BCUT2D eigenvalue weighted by Crippen LogP contribution is 2.29. The molecule has 2 saturated heterocycles. The monoisotopic (exact) mass is 200 g/mol. The van der Waals surface area contributed by atoms with Gasteiger partial charge in [-0.25, -0.2) is 0 Å². The molecule has 2 fully saturated rings. The summed E-state index contributed by atoms with van der Waals surface area (Å²) >= 11 is 0. The highest BCUT2D eigenvalue weighted by molar-refractivity contribution is 4.90. The Bertz CT molecular complexity index is 187. The van der Waals surface area contributed by atoms with Gasteiger partial charge in [0.1, 0.15) is 0 Å². The number of hydrogen-bond acceptors (Lipinski definition) is 4. The molecular weight excluding hydrogens is 180 g/mol. The molecule has 0 aromatic rings. The highest BCUT2D eigenvalue weighted by atomic mass is 16.5. The lowest BCUT2D eigenvalue weighted by molar-refractivity contribution is -0.0640. The first-order chi connectivity index (χ1) is 6.74. The molecule has 0 spiro atoms. The molecule has 2 aliphatic heterocycles. The van der Waals surface area contributed by atoms with Gasteiger partial charge >= 0.3 is 0 Å². The fourth-order valence-corrected chi connectivity index (χ4v) is 2.41. The van der Waals surface area contributed by atoms with Crippen LogP contribution in [0.3, 0.4) is 0 Å². The van der Waals surface area contributed by atoms with Crippen molar-refractivity contribution in [1.29, 1.82) is 0 Å². The van der Waals surface area contributed by atoms with Gasteiger partial charge < -0.3 is 15.6 Å². The van der Waals surface area contributed by atoms with Gasteiger partial charge in [0.05, 0.1) is 12.7 Å². The second-order valence-electron chi connectivity index (χ2n) is 4.71. The Morgan fingerprint density at radius 2 is 2.29 bits per heavy atom. The first kappa shape index (κ1) is 10.4. The van der Waals surface area contributed by atoms with Crippen LogP contribution >= 0.6 is 0 Å². The summed E-state index contributed by atoms with van der Waals surface area (Å²) in [7, 11) is 0. The molecule has 14 heavy (non-hydrogen) atoms. The zero-order valence-electron chi connectivity index (χ0n) is 8.61. The highest BCUT2D eigenvalue weighted by Gasteiger charge is 2.37. The average molecular weight is 200 g/mol. The molecule has 0 amide bonds. The second-order valence-corrected chi connectivity index (χ2v) is 4.71. The lowest BCUT2D eigenvalue weighted by Crippen LogP contribution is -2.57. The van der Waals surface area contributed by atoms with E-state index in [2.05, 4.69) is 4.90 Å². The Morgan fingerprint density at radius 3 is 2.79 bits per heavy atom. The molecule has 0 radical (unpaired) electrons. The van der Waals surface area contributed by atoms with E-state index >= 15 is 0 Å². The zero-order valence-corrected chi connectivity index (χ0v) is 8.61. The Labute approximate surface area is 85.0 Å². The van der Waals surface area contributed by atoms with Crippen molar-refractivity contribution in [2.24, 2.45) is 11.1 Å². The first-order valence-corrected chi connectivity index (χ1v) is 5.42. The van der Waals surface area contributed by atoms with Gasteiger partial charge in [0.2, 0.25) is 0 Å². The minimum Gasteiger partial charge on any atom is -0.390 e. The molecule has 4 heteroatoms. The Balaban J connectivity index is 1.85. The maximum Gasteiger partial charge on any atom is 0.0793 e. The van der Waals surface area contributed by atoms with Gasteiger partial charge in [0.15, 0.2) is 0 Å². The zero-order chi connectivity index (χ0) is 10.0. The van der Waals surface area contributed by atoms with E-state index in [9.17, 15) is 5.11 Å². The maximum absolute atomic E-state index is 9.20. The first-order valence-electron chi connectivity index (χ1n) is 5.42. The molecule has 3 N–H and O–H groups in total. The largest absolute Gasteiger partial charge is 0.390 e. The van der Waals surface area contributed by atoms with Crippen LogP contribution in [-0.4, -0.2) is 55.5 Å². The predicted molar refractivity (Wildman–Crippen MR) is 54.0 cm³/mol. The summed E-state index contributed by atoms with van der Waals surface area (Å²) in [5, 5.41) is 9.20. The van der Waals surface area contributed by atoms with E-state index in [1.807, 2.05) is 0 Å². The third-order valence-electron chi connectivity index (χ3n) is 3.33. The van der Waals surface area contributed by atoms with Gasteiger partial charge in [-0.1, -0.05) is 0 Å². The van der Waals surface area contributed by atoms with E-state index in [4.69, 9.17) is 10.5 Å². The topological polar surface area (TPSA) is 58.7 Å². The number of nitrogens with two attached hydrogens (primary N) is 1. The van der Waals surface area contributed by atoms with Crippen LogP contribution in [0.15, 0.2) is 0 Å². The van der Waals surface area contributed by atoms with Crippen molar-refractivity contribution in [3.8, 4) is 0 Å². The summed E-state index contributed by atoms with van der Waals surface area (Å²) in [5.74, 6) is 0. The minimum atomic E-state index is -0.116. The van der Waals surface area contributed by atoms with E-state index < -0.39 is 0 Å². The van der Waals surface area contributed by atoms with E-state index in [1.54, 1.807) is 0 Å². The third kappa shape index (κ3) is 2.08. The molecule has 0 aromatic carbocycles. The predicted octanol–water partition coefficient (Wildman–Crippen LogP) is -0.582. The molecule has 2 heterocycles. The fourth-order valence-electron chi connectivity index (χ4n) is 2.41. The van der Waals surface area contributed by atoms with Gasteiger partial charge in [-0.2, -0.15) is 0 Å². The van der Waals surface area contributed by atoms with Gasteiger partial charge in [0.25, 0.3) is 0 Å². The van der Waals surface area contributed by atoms with Crippen molar-refractivity contribution >= 4 is 0 Å². The van der Waals surface area contributed by atoms with Crippen LogP contribution < -0.4 is 5.73 Å². The van der Waals surface area contributed by atoms with E-state index in [0.717, 1.165) is 45.7 Å². The van der Waals surface area contributed by atoms with Crippen molar-refractivity contribution in [2.45, 2.75) is 18.9 Å². The van der Waals surface area contributed by atoms with Crippen molar-refractivity contribution in [2.75, 3.05) is 39.4 Å². The minimum absolute atomic E-state index is 0.116. The number of likely N-dealkylation sites (tertiary alicyclic amines) is 1. The molecule has 0 aliphatic carbocycles. The Kier molecular flexibility index (Phi) is 3.07. The average Bonchev–Trinajstić information content (AvgIpc) is 2.17. The van der Waals surface area contributed by atoms with Crippen molar-refractivity contribution in [3.63, 3.8) is 0 Å². The molecule has 1 unspecified atom stereocenters. The van der Waals surface area contributed by atoms with Crippen molar-refractivity contribution in [1.82, 2.24) is 4.90 Å². The third-order valence-corrected chi connectivity index (χ3v) is 3.33. The fraction of sp³-hybridized carbons (Fsp3) is 1.00. The SMILES string of the molecule is NCC1(CN2CC(O)C2)CCCOC1. The van der Waals surface area contributed by atoms with Crippen LogP contribution in [0.1, 0.15) is 12.8 Å². The summed E-state index contributed by atoms with van der Waals surface area (Å²) in [6.07, 6.45) is 2.17. The molecule has 82 valence electrons. The molecule has 0 saturated carbocycles. The van der Waals surface area contributed by atoms with Crippen LogP contribution in [0.2, 0.25) is 0 Å². The summed E-state index contributed by atoms with van der Waals surface area (Å²) < 4.78 is 5.50. The Hall–Kier alpha value is -0.160. The van der Waals surface area contributed by atoms with Gasteiger partial charge in [0, 0.05) is 38.2 Å². The molecule has 0 bridgehead atoms. The summed E-state index contributed by atoms with van der Waals surface area (Å²) in [6.45, 7) is 4.96. The van der Waals surface area contributed by atoms with Gasteiger partial charge in [-0.15, -0.1) is 0 Å². The van der Waals surface area contributed by atoms with Crippen LogP contribution in [0.5, 0.6) is 0 Å². The second kappa shape index (κ2) is 4.14. The normalized spacial score (nSPS) is 35.6. The molecule has 1 atom stereocenters. The standard InChI is InChI=1S/C10H20N2O2/c11-6-10(2-1-3-14-8-10)7-12-4-9(13)5-12/h9,13H,1-8,11H2. The van der Waals surface area contributed by atoms with E-state index in [1.165, 1.54) is 0 Å². The molecule has 2 rings (SSSR count).